The van der Waals surface area contributed by atoms with Gasteiger partial charge in [0.1, 0.15) is 0 Å². The highest BCUT2D eigenvalue weighted by Gasteiger charge is 2.10. The Morgan fingerprint density at radius 3 is 1.93 bits per heavy atom. The number of hydrogen-bond donors (Lipinski definition) is 1. The van der Waals surface area contributed by atoms with Crippen LogP contribution >= 0.6 is 47.8 Å². The molecule has 78 valence electrons. The van der Waals surface area contributed by atoms with Crippen LogP contribution in [0.15, 0.2) is 25.6 Å². The summed E-state index contributed by atoms with van der Waals surface area (Å²) in [4.78, 5) is 0. The van der Waals surface area contributed by atoms with Crippen LogP contribution in [0.2, 0.25) is 0 Å². The third kappa shape index (κ3) is 3.52. The molecule has 1 aromatic rings. The lowest BCUT2D eigenvalue weighted by molar-refractivity contribution is 0.607. The van der Waals surface area contributed by atoms with Gasteiger partial charge in [0.25, 0.3) is 0 Å². The first kappa shape index (κ1) is 12.5. The lowest BCUT2D eigenvalue weighted by Gasteiger charge is -2.09. The van der Waals surface area contributed by atoms with Crippen molar-refractivity contribution in [2.75, 3.05) is 11.0 Å². The zero-order valence-electron chi connectivity index (χ0n) is 7.01. The minimum absolute atomic E-state index is 0.496. The largest absolute Gasteiger partial charge is 0.281 e. The van der Waals surface area contributed by atoms with E-state index in [1.54, 1.807) is 12.1 Å². The highest BCUT2D eigenvalue weighted by Crippen LogP contribution is 2.34. The van der Waals surface area contributed by atoms with Crippen LogP contribution in [0.3, 0.4) is 0 Å². The van der Waals surface area contributed by atoms with Crippen LogP contribution in [0, 0.1) is 0 Å². The number of nitrogens with one attached hydrogen (secondary N) is 1. The molecule has 7 heteroatoms. The van der Waals surface area contributed by atoms with E-state index < -0.39 is 10.0 Å². The summed E-state index contributed by atoms with van der Waals surface area (Å²) >= 11 is 9.82. The Morgan fingerprint density at radius 1 is 1.14 bits per heavy atom. The summed E-state index contributed by atoms with van der Waals surface area (Å²) in [5, 5.41) is 0. The van der Waals surface area contributed by atoms with E-state index in [1.807, 2.05) is 0 Å². The molecule has 3 nitrogen and oxygen atoms in total. The molecule has 0 atom stereocenters. The molecule has 0 heterocycles. The molecule has 0 aliphatic carbocycles. The van der Waals surface area contributed by atoms with Crippen molar-refractivity contribution in [2.24, 2.45) is 0 Å². The molecule has 0 unspecified atom stereocenters. The summed E-state index contributed by atoms with van der Waals surface area (Å²) in [6, 6.07) is 3.52. The van der Waals surface area contributed by atoms with Crippen molar-refractivity contribution in [3.8, 4) is 0 Å². The van der Waals surface area contributed by atoms with Crippen LogP contribution in [0.1, 0.15) is 0 Å². The third-order valence-corrected chi connectivity index (χ3v) is 3.58. The van der Waals surface area contributed by atoms with E-state index in [9.17, 15) is 8.42 Å². The number of halogens is 3. The first-order valence-corrected chi connectivity index (χ1v) is 7.69. The van der Waals surface area contributed by atoms with Crippen LogP contribution in [0.5, 0.6) is 0 Å². The van der Waals surface area contributed by atoms with Crippen molar-refractivity contribution < 1.29 is 8.42 Å². The Hall–Kier alpha value is 0.410. The van der Waals surface area contributed by atoms with Gasteiger partial charge in [0, 0.05) is 13.4 Å². The van der Waals surface area contributed by atoms with Gasteiger partial charge in [-0.1, -0.05) is 15.9 Å². The van der Waals surface area contributed by atoms with Crippen molar-refractivity contribution in [1.82, 2.24) is 0 Å². The van der Waals surface area contributed by atoms with E-state index in [1.165, 1.54) is 0 Å². The van der Waals surface area contributed by atoms with Crippen molar-refractivity contribution in [1.29, 1.82) is 0 Å². The maximum absolute atomic E-state index is 11.0. The molecule has 0 saturated carbocycles. The second-order valence-electron chi connectivity index (χ2n) is 2.62. The molecule has 14 heavy (non-hydrogen) atoms. The normalized spacial score (nSPS) is 11.4. The third-order valence-electron chi connectivity index (χ3n) is 1.29. The molecule has 1 aromatic carbocycles. The lowest BCUT2D eigenvalue weighted by Crippen LogP contribution is -2.10. The van der Waals surface area contributed by atoms with E-state index in [0.29, 0.717) is 14.6 Å². The van der Waals surface area contributed by atoms with Gasteiger partial charge in [-0.15, -0.1) is 0 Å². The quantitative estimate of drug-likeness (QED) is 0.817. The smallest absolute Gasteiger partial charge is 0.229 e. The molecule has 0 aliphatic rings. The van der Waals surface area contributed by atoms with Gasteiger partial charge >= 0.3 is 0 Å². The van der Waals surface area contributed by atoms with Crippen LogP contribution in [0.4, 0.5) is 5.69 Å². The Bertz CT molecular complexity index is 435. The number of rotatable bonds is 2. The Morgan fingerprint density at radius 2 is 1.57 bits per heavy atom. The minimum Gasteiger partial charge on any atom is -0.281 e. The second-order valence-corrected chi connectivity index (χ2v) is 6.99. The summed E-state index contributed by atoms with van der Waals surface area (Å²) in [5.41, 5.74) is 0.496. The van der Waals surface area contributed by atoms with E-state index in [2.05, 4.69) is 52.5 Å². The maximum Gasteiger partial charge on any atom is 0.229 e. The first-order valence-electron chi connectivity index (χ1n) is 3.42. The van der Waals surface area contributed by atoms with Gasteiger partial charge in [-0.2, -0.15) is 0 Å². The predicted octanol–water partition coefficient (Wildman–Crippen LogP) is 3.35. The Balaban J connectivity index is 3.22. The van der Waals surface area contributed by atoms with Crippen molar-refractivity contribution in [2.45, 2.75) is 0 Å². The molecule has 0 amide bonds. The van der Waals surface area contributed by atoms with E-state index >= 15 is 0 Å². The zero-order valence-corrected chi connectivity index (χ0v) is 12.6. The molecular weight excluding hydrogens is 402 g/mol. The van der Waals surface area contributed by atoms with Crippen molar-refractivity contribution in [3.05, 3.63) is 25.6 Å². The van der Waals surface area contributed by atoms with Gasteiger partial charge < -0.3 is 0 Å². The van der Waals surface area contributed by atoms with Crippen LogP contribution in [-0.2, 0) is 10.0 Å². The summed E-state index contributed by atoms with van der Waals surface area (Å²) in [6.45, 7) is 0. The fourth-order valence-electron chi connectivity index (χ4n) is 0.825. The van der Waals surface area contributed by atoms with Gasteiger partial charge in [-0.3, -0.25) is 4.72 Å². The summed E-state index contributed by atoms with van der Waals surface area (Å²) in [7, 11) is -3.26. The fraction of sp³-hybridized carbons (Fsp3) is 0.143. The number of anilines is 1. The molecular formula is C7H6Br3NO2S. The molecule has 0 spiro atoms. The SMILES string of the molecule is CS(=O)(=O)Nc1c(Br)cc(Br)cc1Br. The number of benzene rings is 1. The molecule has 0 bridgehead atoms. The van der Waals surface area contributed by atoms with Gasteiger partial charge in [0.2, 0.25) is 10.0 Å². The molecule has 0 radical (unpaired) electrons. The molecule has 0 aliphatic heterocycles. The minimum atomic E-state index is -3.26. The zero-order chi connectivity index (χ0) is 10.9. The summed E-state index contributed by atoms with van der Waals surface area (Å²) in [6.07, 6.45) is 1.11. The summed E-state index contributed by atoms with van der Waals surface area (Å²) < 4.78 is 26.7. The van der Waals surface area contributed by atoms with Gasteiger partial charge in [0.05, 0.1) is 11.9 Å². The fourth-order valence-corrected chi connectivity index (χ4v) is 4.14. The lowest BCUT2D eigenvalue weighted by atomic mass is 10.3. The van der Waals surface area contributed by atoms with E-state index in [0.717, 1.165) is 10.7 Å². The highest BCUT2D eigenvalue weighted by molar-refractivity contribution is 9.11. The van der Waals surface area contributed by atoms with Crippen molar-refractivity contribution >= 4 is 63.5 Å². The Labute approximate surface area is 108 Å². The van der Waals surface area contributed by atoms with E-state index in [-0.39, 0.29) is 0 Å². The predicted molar refractivity (Wildman–Crippen MR) is 68.0 cm³/mol. The van der Waals surface area contributed by atoms with Gasteiger partial charge in [-0.05, 0) is 44.0 Å². The maximum atomic E-state index is 11.0. The molecule has 0 aromatic heterocycles. The molecule has 1 rings (SSSR count). The van der Waals surface area contributed by atoms with Crippen LogP contribution < -0.4 is 4.72 Å². The first-order chi connectivity index (χ1) is 6.29. The topological polar surface area (TPSA) is 46.2 Å². The summed E-state index contributed by atoms with van der Waals surface area (Å²) in [5.74, 6) is 0. The molecule has 0 saturated heterocycles. The molecule has 1 N–H and O–H groups in total. The van der Waals surface area contributed by atoms with E-state index in [4.69, 9.17) is 0 Å². The van der Waals surface area contributed by atoms with Crippen LogP contribution in [-0.4, -0.2) is 14.7 Å². The van der Waals surface area contributed by atoms with Gasteiger partial charge in [-0.25, -0.2) is 8.42 Å². The Kier molecular flexibility index (Phi) is 4.02. The average Bonchev–Trinajstić information content (AvgIpc) is 1.95. The standard InChI is InChI=1S/C7H6Br3NO2S/c1-14(12,13)11-7-5(9)2-4(8)3-6(7)10/h2-3,11H,1H3. The molecule has 0 fully saturated rings. The average molecular weight is 408 g/mol. The van der Waals surface area contributed by atoms with Gasteiger partial charge in [0.15, 0.2) is 0 Å². The number of sulfonamides is 1. The number of hydrogen-bond acceptors (Lipinski definition) is 2. The van der Waals surface area contributed by atoms with Crippen molar-refractivity contribution in [3.63, 3.8) is 0 Å². The monoisotopic (exact) mass is 405 g/mol. The van der Waals surface area contributed by atoms with Crippen LogP contribution in [0.25, 0.3) is 0 Å². The highest BCUT2D eigenvalue weighted by atomic mass is 79.9. The second kappa shape index (κ2) is 4.51.